The van der Waals surface area contributed by atoms with E-state index < -0.39 is 59.8 Å². The van der Waals surface area contributed by atoms with Crippen molar-refractivity contribution in [3.05, 3.63) is 0 Å². The van der Waals surface area contributed by atoms with Crippen LogP contribution in [0.25, 0.3) is 0 Å². The van der Waals surface area contributed by atoms with Crippen molar-refractivity contribution in [1.29, 1.82) is 5.41 Å². The normalized spacial score (nSPS) is 20.6. The summed E-state index contributed by atoms with van der Waals surface area (Å²) in [6, 6.07) is -4.03. The van der Waals surface area contributed by atoms with E-state index in [0.29, 0.717) is 77.3 Å². The van der Waals surface area contributed by atoms with Crippen LogP contribution in [0, 0.1) is 11.3 Å². The van der Waals surface area contributed by atoms with E-state index in [1.165, 1.54) is 23.6 Å². The second kappa shape index (κ2) is 18.4. The Bertz CT molecular complexity index is 1080. The summed E-state index contributed by atoms with van der Waals surface area (Å²) in [5, 5.41) is 32.0. The molecular formula is C30H51N7O8. The Balaban J connectivity index is 2.16. The van der Waals surface area contributed by atoms with Crippen LogP contribution in [0.2, 0.25) is 0 Å². The smallest absolute Gasteiger partial charge is 0.326 e. The first-order valence-corrected chi connectivity index (χ1v) is 15.9. The van der Waals surface area contributed by atoms with E-state index in [0.717, 1.165) is 0 Å². The maximum Gasteiger partial charge on any atom is 0.326 e. The first-order chi connectivity index (χ1) is 21.3. The van der Waals surface area contributed by atoms with Gasteiger partial charge >= 0.3 is 5.97 Å². The summed E-state index contributed by atoms with van der Waals surface area (Å²) in [4.78, 5) is 80.4. The van der Waals surface area contributed by atoms with Crippen molar-refractivity contribution in [2.24, 2.45) is 17.4 Å². The molecule has 2 heterocycles. The van der Waals surface area contributed by atoms with Crippen molar-refractivity contribution >= 4 is 41.2 Å². The van der Waals surface area contributed by atoms with E-state index >= 15 is 0 Å². The van der Waals surface area contributed by atoms with Crippen LogP contribution in [0.1, 0.15) is 90.9 Å². The molecule has 15 nitrogen and oxygen atoms in total. The fourth-order valence-corrected chi connectivity index (χ4v) is 6.11. The molecule has 2 fully saturated rings. The van der Waals surface area contributed by atoms with Crippen LogP contribution in [0.5, 0.6) is 0 Å². The molecule has 6 atom stereocenters. The highest BCUT2D eigenvalue weighted by molar-refractivity contribution is 5.96. The fourth-order valence-electron chi connectivity index (χ4n) is 6.11. The lowest BCUT2D eigenvalue weighted by Crippen LogP contribution is -2.55. The number of carbonyl (C=O) groups is 6. The third-order valence-corrected chi connectivity index (χ3v) is 8.45. The minimum Gasteiger partial charge on any atom is -0.480 e. The highest BCUT2D eigenvalue weighted by Gasteiger charge is 2.44. The Kier molecular flexibility index (Phi) is 15.4. The van der Waals surface area contributed by atoms with Crippen LogP contribution in [0.3, 0.4) is 0 Å². The number of aliphatic hydroxyl groups excluding tert-OH is 1. The monoisotopic (exact) mass is 637 g/mol. The largest absolute Gasteiger partial charge is 0.480 e. The van der Waals surface area contributed by atoms with Crippen LogP contribution in [-0.2, 0) is 28.8 Å². The van der Waals surface area contributed by atoms with Gasteiger partial charge in [0.25, 0.3) is 0 Å². The predicted octanol–water partition coefficient (Wildman–Crippen LogP) is -0.376. The zero-order valence-electron chi connectivity index (χ0n) is 26.5. The zero-order valence-corrected chi connectivity index (χ0v) is 26.5. The molecule has 9 N–H and O–H groups in total. The van der Waals surface area contributed by atoms with E-state index in [2.05, 4.69) is 10.6 Å². The molecule has 1 unspecified atom stereocenters. The fraction of sp³-hybridized carbons (Fsp3) is 0.767. The number of aliphatic carboxylic acids is 1. The van der Waals surface area contributed by atoms with Crippen molar-refractivity contribution in [2.45, 2.75) is 121 Å². The van der Waals surface area contributed by atoms with E-state index in [4.69, 9.17) is 16.9 Å². The maximum atomic E-state index is 13.9. The van der Waals surface area contributed by atoms with Crippen molar-refractivity contribution in [3.8, 4) is 0 Å². The van der Waals surface area contributed by atoms with Crippen molar-refractivity contribution in [3.63, 3.8) is 0 Å². The average Bonchev–Trinajstić information content (AvgIpc) is 3.66. The highest BCUT2D eigenvalue weighted by Crippen LogP contribution is 2.28. The van der Waals surface area contributed by atoms with Crippen molar-refractivity contribution in [2.75, 3.05) is 19.6 Å². The van der Waals surface area contributed by atoms with Gasteiger partial charge in [-0.25, -0.2) is 4.79 Å². The number of amidine groups is 1. The lowest BCUT2D eigenvalue weighted by Gasteiger charge is -2.33. The summed E-state index contributed by atoms with van der Waals surface area (Å²) in [6.07, 6.45) is 3.43. The lowest BCUT2D eigenvalue weighted by atomic mass is 9.90. The third kappa shape index (κ3) is 11.4. The Morgan fingerprint density at radius 2 is 1.56 bits per heavy atom. The van der Waals surface area contributed by atoms with E-state index in [1.54, 1.807) is 0 Å². The molecule has 254 valence electrons. The second-order valence-corrected chi connectivity index (χ2v) is 12.1. The van der Waals surface area contributed by atoms with Crippen LogP contribution in [0.15, 0.2) is 0 Å². The molecule has 0 aromatic heterocycles. The molecule has 0 aromatic carbocycles. The molecule has 2 aliphatic heterocycles. The van der Waals surface area contributed by atoms with Gasteiger partial charge < -0.3 is 42.1 Å². The predicted molar refractivity (Wildman–Crippen MR) is 165 cm³/mol. The number of ketones is 1. The quantitative estimate of drug-likeness (QED) is 0.0549. The number of nitrogens with zero attached hydrogens (tertiary/aromatic N) is 2. The molecule has 2 rings (SSSR count). The summed E-state index contributed by atoms with van der Waals surface area (Å²) in [6.45, 7) is 3.61. The molecular weight excluding hydrogens is 586 g/mol. The Hall–Kier alpha value is -3.59. The highest BCUT2D eigenvalue weighted by atomic mass is 16.4. The molecule has 0 aliphatic carbocycles. The van der Waals surface area contributed by atoms with Crippen LogP contribution >= 0.6 is 0 Å². The number of Topliss-reactive ketones (excluding diaryl/α,β-unsaturated/α-hetero) is 1. The molecule has 45 heavy (non-hydrogen) atoms. The van der Waals surface area contributed by atoms with Crippen LogP contribution in [0.4, 0.5) is 0 Å². The molecule has 0 bridgehead atoms. The van der Waals surface area contributed by atoms with Crippen LogP contribution in [-0.4, -0.2) is 111 Å². The van der Waals surface area contributed by atoms with Gasteiger partial charge in [-0.05, 0) is 64.8 Å². The molecule has 2 aliphatic rings. The molecule has 0 spiro atoms. The number of carboxylic acid groups (broad SMARTS) is 1. The Morgan fingerprint density at radius 1 is 0.933 bits per heavy atom. The number of unbranched alkanes of at least 4 members (excludes halogenated alkanes) is 2. The topological polar surface area (TPSA) is 249 Å². The lowest BCUT2D eigenvalue weighted by molar-refractivity contribution is -0.149. The van der Waals surface area contributed by atoms with Gasteiger partial charge in [0.15, 0.2) is 5.78 Å². The zero-order chi connectivity index (χ0) is 33.7. The van der Waals surface area contributed by atoms with Gasteiger partial charge in [0.2, 0.25) is 23.6 Å². The van der Waals surface area contributed by atoms with Crippen LogP contribution < -0.4 is 22.1 Å². The maximum absolute atomic E-state index is 13.9. The summed E-state index contributed by atoms with van der Waals surface area (Å²) in [7, 11) is 0. The van der Waals surface area contributed by atoms with Gasteiger partial charge in [-0.3, -0.25) is 29.4 Å². The first-order valence-electron chi connectivity index (χ1n) is 15.9. The average molecular weight is 638 g/mol. The van der Waals surface area contributed by atoms with E-state index in [9.17, 15) is 39.0 Å². The number of amides is 4. The molecule has 0 aromatic rings. The van der Waals surface area contributed by atoms with Gasteiger partial charge in [-0.2, -0.15) is 0 Å². The van der Waals surface area contributed by atoms with E-state index in [1.807, 2.05) is 0 Å². The summed E-state index contributed by atoms with van der Waals surface area (Å²) in [5.41, 5.74) is 11.0. The number of rotatable bonds is 19. The van der Waals surface area contributed by atoms with Gasteiger partial charge in [-0.1, -0.05) is 12.8 Å². The minimum absolute atomic E-state index is 0.00730. The number of nitrogens with two attached hydrogens (primary N) is 2. The SMILES string of the molecule is CC(=O)N[C@H](C(=O)C[C@@H](CCCCN)C(=O)N1CCC[C@@H]1C(=O)N1CCCC1C(=O)N[C@@H](CCCCC(=N)N)C(=O)O)[C@@H](C)O. The number of hydrogen-bond acceptors (Lipinski definition) is 9. The molecule has 2 saturated heterocycles. The summed E-state index contributed by atoms with van der Waals surface area (Å²) in [5.74, 6) is -4.28. The van der Waals surface area contributed by atoms with Crippen molar-refractivity contribution in [1.82, 2.24) is 20.4 Å². The Morgan fingerprint density at radius 3 is 2.13 bits per heavy atom. The number of aliphatic hydroxyl groups is 1. The standard InChI is InChI=1S/C30H51N7O8/c1-18(38)26(34-19(2)39)24(40)17-20(9-5-6-14-31)28(42)37-16-8-12-23(37)29(43)36-15-7-11-22(36)27(41)35-21(30(44)45)10-3-4-13-25(32)33/h18,20-23,26,38H,3-17,31H2,1-2H3,(H3,32,33)(H,34,39)(H,35,41)(H,44,45)/t18-,20-,21+,22?,23-,26+/m1/s1. The number of carbonyl (C=O) groups excluding carboxylic acids is 5. The van der Waals surface area contributed by atoms with Gasteiger partial charge in [0.1, 0.15) is 24.2 Å². The molecule has 0 radical (unpaired) electrons. The first kappa shape index (κ1) is 37.6. The summed E-state index contributed by atoms with van der Waals surface area (Å²) >= 11 is 0. The Labute approximate surface area is 264 Å². The number of carboxylic acids is 1. The minimum atomic E-state index is -1.19. The molecule has 0 saturated carbocycles. The third-order valence-electron chi connectivity index (χ3n) is 8.45. The van der Waals surface area contributed by atoms with Crippen molar-refractivity contribution < 1.29 is 39.0 Å². The second-order valence-electron chi connectivity index (χ2n) is 12.1. The number of nitrogens with one attached hydrogen (secondary N) is 3. The van der Waals surface area contributed by atoms with Gasteiger partial charge in [0, 0.05) is 38.8 Å². The summed E-state index contributed by atoms with van der Waals surface area (Å²) < 4.78 is 0. The number of hydrogen-bond donors (Lipinski definition) is 7. The van der Waals surface area contributed by atoms with Gasteiger partial charge in [0.05, 0.1) is 11.9 Å². The molecule has 15 heteroatoms. The number of likely N-dealkylation sites (tertiary alicyclic amines) is 2. The molecule has 4 amide bonds. The van der Waals surface area contributed by atoms with E-state index in [-0.39, 0.29) is 37.0 Å². The van der Waals surface area contributed by atoms with Gasteiger partial charge in [-0.15, -0.1) is 0 Å².